The molecule has 0 unspecified atom stereocenters. The number of halogens is 1. The predicted molar refractivity (Wildman–Crippen MR) is 64.6 cm³/mol. The van der Waals surface area contributed by atoms with Gasteiger partial charge in [0.05, 0.1) is 27.7 Å². The van der Waals surface area contributed by atoms with E-state index >= 15 is 0 Å². The van der Waals surface area contributed by atoms with Crippen LogP contribution in [-0.4, -0.2) is 56.6 Å². The first kappa shape index (κ1) is 18.3. The minimum atomic E-state index is 0. The number of hydrogen-bond donors (Lipinski definition) is 0. The minimum absolute atomic E-state index is 0. The molecule has 0 bridgehead atoms. The molecule has 0 aromatic heterocycles. The summed E-state index contributed by atoms with van der Waals surface area (Å²) in [4.78, 5) is 12.9. The number of carbonyl (C=O) groups excluding carboxylic acids is 1. The lowest BCUT2D eigenvalue weighted by Crippen LogP contribution is -3.00. The van der Waals surface area contributed by atoms with E-state index in [1.165, 1.54) is 25.5 Å². The lowest BCUT2D eigenvalue weighted by Gasteiger charge is -2.23. The van der Waals surface area contributed by atoms with Crippen molar-refractivity contribution in [1.82, 2.24) is 4.90 Å². The molecule has 96 valence electrons. The van der Waals surface area contributed by atoms with Crippen LogP contribution in [0.25, 0.3) is 0 Å². The Labute approximate surface area is 117 Å². The number of hydrogen-bond acceptors (Lipinski definition) is 1. The second-order valence-corrected chi connectivity index (χ2v) is 5.04. The second-order valence-electron chi connectivity index (χ2n) is 5.04. The van der Waals surface area contributed by atoms with E-state index in [4.69, 9.17) is 0 Å². The van der Waals surface area contributed by atoms with E-state index in [1.54, 1.807) is 4.90 Å². The van der Waals surface area contributed by atoms with Crippen LogP contribution in [0.1, 0.15) is 19.3 Å². The molecule has 0 rings (SSSR count). The van der Waals surface area contributed by atoms with E-state index in [2.05, 4.69) is 27.7 Å². The van der Waals surface area contributed by atoms with Crippen molar-refractivity contribution in [3.8, 4) is 0 Å². The number of quaternary nitrogens is 1. The standard InChI is InChI=1S/C12H25N2O.HI/c1-6-12(15)13(2)10-8-7-9-11-14(3,4)5;/h6H,1,7-11H2,2-5H3;1H/q+1;/p-1. The van der Waals surface area contributed by atoms with Crippen LogP contribution < -0.4 is 24.0 Å². The highest BCUT2D eigenvalue weighted by atomic mass is 127. The van der Waals surface area contributed by atoms with Gasteiger partial charge in [-0.15, -0.1) is 0 Å². The maximum absolute atomic E-state index is 11.1. The number of rotatable bonds is 7. The highest BCUT2D eigenvalue weighted by Crippen LogP contribution is 2.01. The summed E-state index contributed by atoms with van der Waals surface area (Å²) < 4.78 is 1.02. The third kappa shape index (κ3) is 10.4. The zero-order chi connectivity index (χ0) is 11.9. The van der Waals surface area contributed by atoms with Crippen LogP contribution in [0.2, 0.25) is 0 Å². The molecule has 1 amide bonds. The molecule has 0 aromatic rings. The van der Waals surface area contributed by atoms with Crippen LogP contribution in [0.15, 0.2) is 12.7 Å². The van der Waals surface area contributed by atoms with E-state index in [-0.39, 0.29) is 29.9 Å². The van der Waals surface area contributed by atoms with Crippen LogP contribution in [0.4, 0.5) is 0 Å². The maximum atomic E-state index is 11.1. The van der Waals surface area contributed by atoms with Gasteiger partial charge in [0, 0.05) is 13.6 Å². The molecule has 3 nitrogen and oxygen atoms in total. The molecule has 0 radical (unpaired) electrons. The number of carbonyl (C=O) groups is 1. The maximum Gasteiger partial charge on any atom is 0.245 e. The van der Waals surface area contributed by atoms with Crippen molar-refractivity contribution in [3.63, 3.8) is 0 Å². The van der Waals surface area contributed by atoms with Crippen molar-refractivity contribution in [2.45, 2.75) is 19.3 Å². The number of unbranched alkanes of at least 4 members (excludes halogenated alkanes) is 2. The van der Waals surface area contributed by atoms with Crippen LogP contribution in [0.3, 0.4) is 0 Å². The van der Waals surface area contributed by atoms with Crippen LogP contribution in [0, 0.1) is 0 Å². The third-order valence-electron chi connectivity index (χ3n) is 2.37. The molecule has 0 aromatic carbocycles. The fourth-order valence-corrected chi connectivity index (χ4v) is 1.38. The Morgan fingerprint density at radius 1 is 1.25 bits per heavy atom. The Morgan fingerprint density at radius 2 is 1.81 bits per heavy atom. The van der Waals surface area contributed by atoms with Crippen LogP contribution >= 0.6 is 0 Å². The number of nitrogens with zero attached hydrogens (tertiary/aromatic N) is 2. The zero-order valence-electron chi connectivity index (χ0n) is 11.0. The van der Waals surface area contributed by atoms with Gasteiger partial charge in [0.1, 0.15) is 0 Å². The minimum Gasteiger partial charge on any atom is -1.00 e. The molecule has 0 atom stereocenters. The molecule has 0 heterocycles. The van der Waals surface area contributed by atoms with Gasteiger partial charge in [-0.3, -0.25) is 4.79 Å². The van der Waals surface area contributed by atoms with Crippen molar-refractivity contribution in [3.05, 3.63) is 12.7 Å². The van der Waals surface area contributed by atoms with Crippen molar-refractivity contribution < 1.29 is 33.3 Å². The quantitative estimate of drug-likeness (QED) is 0.239. The fourth-order valence-electron chi connectivity index (χ4n) is 1.38. The van der Waals surface area contributed by atoms with Gasteiger partial charge < -0.3 is 33.4 Å². The first-order valence-electron chi connectivity index (χ1n) is 5.55. The summed E-state index contributed by atoms with van der Waals surface area (Å²) in [6.07, 6.45) is 4.85. The Hall–Kier alpha value is -0.100. The molecule has 0 aliphatic rings. The van der Waals surface area contributed by atoms with E-state index in [9.17, 15) is 4.79 Å². The van der Waals surface area contributed by atoms with Gasteiger partial charge in [-0.1, -0.05) is 6.58 Å². The first-order chi connectivity index (χ1) is 6.87. The molecule has 0 aliphatic carbocycles. The smallest absolute Gasteiger partial charge is 0.245 e. The SMILES string of the molecule is C=CC(=O)N(C)CCCCC[N+](C)(C)C.[I-]. The van der Waals surface area contributed by atoms with Crippen molar-refractivity contribution in [2.24, 2.45) is 0 Å². The molecule has 0 aliphatic heterocycles. The normalized spacial score (nSPS) is 10.5. The van der Waals surface area contributed by atoms with Gasteiger partial charge in [0.2, 0.25) is 5.91 Å². The molecule has 0 saturated carbocycles. The van der Waals surface area contributed by atoms with Gasteiger partial charge in [-0.05, 0) is 25.3 Å². The number of amides is 1. The summed E-state index contributed by atoms with van der Waals surface area (Å²) in [6.45, 7) is 5.49. The van der Waals surface area contributed by atoms with Crippen LogP contribution in [-0.2, 0) is 4.79 Å². The van der Waals surface area contributed by atoms with E-state index in [0.29, 0.717) is 0 Å². The summed E-state index contributed by atoms with van der Waals surface area (Å²) in [6, 6.07) is 0. The average molecular weight is 340 g/mol. The summed E-state index contributed by atoms with van der Waals surface area (Å²) in [7, 11) is 8.43. The molecule has 16 heavy (non-hydrogen) atoms. The second kappa shape index (κ2) is 8.98. The van der Waals surface area contributed by atoms with E-state index < -0.39 is 0 Å². The van der Waals surface area contributed by atoms with Gasteiger partial charge >= 0.3 is 0 Å². The summed E-state index contributed by atoms with van der Waals surface area (Å²) in [5.74, 6) is 0.0154. The lowest BCUT2D eigenvalue weighted by atomic mass is 10.2. The van der Waals surface area contributed by atoms with Crippen LogP contribution in [0.5, 0.6) is 0 Å². The van der Waals surface area contributed by atoms with Gasteiger partial charge in [-0.25, -0.2) is 0 Å². The fraction of sp³-hybridized carbons (Fsp3) is 0.750. The molecule has 0 spiro atoms. The van der Waals surface area contributed by atoms with Crippen molar-refractivity contribution in [1.29, 1.82) is 0 Å². The highest BCUT2D eigenvalue weighted by Gasteiger charge is 2.06. The summed E-state index contributed by atoms with van der Waals surface area (Å²) in [5.41, 5.74) is 0. The first-order valence-corrected chi connectivity index (χ1v) is 5.55. The average Bonchev–Trinajstić information content (AvgIpc) is 2.14. The largest absolute Gasteiger partial charge is 1.00 e. The number of likely N-dealkylation sites (N-methyl/N-ethyl adjacent to an activating group) is 1. The predicted octanol–water partition coefficient (Wildman–Crippen LogP) is -1.49. The van der Waals surface area contributed by atoms with E-state index in [0.717, 1.165) is 17.4 Å². The lowest BCUT2D eigenvalue weighted by molar-refractivity contribution is -0.870. The Balaban J connectivity index is 0. The monoisotopic (exact) mass is 340 g/mol. The molecule has 4 heteroatoms. The van der Waals surface area contributed by atoms with Gasteiger partial charge in [-0.2, -0.15) is 0 Å². The molecule has 0 saturated heterocycles. The summed E-state index contributed by atoms with van der Waals surface area (Å²) >= 11 is 0. The zero-order valence-corrected chi connectivity index (χ0v) is 13.2. The molecule has 0 fully saturated rings. The Bertz CT molecular complexity index is 212. The molecular weight excluding hydrogens is 315 g/mol. The van der Waals surface area contributed by atoms with Crippen molar-refractivity contribution in [2.75, 3.05) is 41.3 Å². The van der Waals surface area contributed by atoms with E-state index in [1.807, 2.05) is 7.05 Å². The topological polar surface area (TPSA) is 20.3 Å². The summed E-state index contributed by atoms with van der Waals surface area (Å²) in [5, 5.41) is 0. The van der Waals surface area contributed by atoms with Gasteiger partial charge in [0.15, 0.2) is 0 Å². The third-order valence-corrected chi connectivity index (χ3v) is 2.37. The van der Waals surface area contributed by atoms with Crippen molar-refractivity contribution >= 4 is 5.91 Å². The van der Waals surface area contributed by atoms with Gasteiger partial charge in [0.25, 0.3) is 0 Å². The molecule has 0 N–H and O–H groups in total. The highest BCUT2D eigenvalue weighted by molar-refractivity contribution is 5.86. The Morgan fingerprint density at radius 3 is 2.25 bits per heavy atom. The molecular formula is C12H25IN2O. The Kier molecular flexibility index (Phi) is 10.3.